The Morgan fingerprint density at radius 1 is 1.00 bits per heavy atom. The molecule has 112 valence electrons. The fourth-order valence-electron chi connectivity index (χ4n) is 2.85. The molecule has 1 aliphatic carbocycles. The molecule has 0 atom stereocenters. The van der Waals surface area contributed by atoms with Crippen LogP contribution in [0.15, 0.2) is 48.2 Å². The quantitative estimate of drug-likeness (QED) is 0.794. The van der Waals surface area contributed by atoms with Crippen LogP contribution in [0.4, 0.5) is 0 Å². The minimum absolute atomic E-state index is 0.160. The number of ether oxygens (including phenoxy) is 1. The topological polar surface area (TPSA) is 26.3 Å². The summed E-state index contributed by atoms with van der Waals surface area (Å²) < 4.78 is 5.41. The molecule has 0 heterocycles. The Hall–Kier alpha value is -2.06. The van der Waals surface area contributed by atoms with Gasteiger partial charge in [-0.2, -0.15) is 0 Å². The highest BCUT2D eigenvalue weighted by Gasteiger charge is 2.26. The summed E-state index contributed by atoms with van der Waals surface area (Å²) in [4.78, 5) is 12.2. The van der Waals surface area contributed by atoms with E-state index in [2.05, 4.69) is 12.1 Å². The minimum Gasteiger partial charge on any atom is -0.500 e. The first-order chi connectivity index (χ1) is 10.6. The Balaban J connectivity index is 2.11. The third-order valence-corrected chi connectivity index (χ3v) is 4.32. The van der Waals surface area contributed by atoms with Gasteiger partial charge < -0.3 is 4.74 Å². The Morgan fingerprint density at radius 3 is 2.36 bits per heavy atom. The van der Waals surface area contributed by atoms with Gasteiger partial charge in [0.2, 0.25) is 0 Å². The van der Waals surface area contributed by atoms with Crippen molar-refractivity contribution >= 4 is 23.0 Å². The van der Waals surface area contributed by atoms with Crippen LogP contribution >= 0.6 is 11.6 Å². The van der Waals surface area contributed by atoms with Crippen LogP contribution in [0, 0.1) is 6.92 Å². The summed E-state index contributed by atoms with van der Waals surface area (Å²) in [7, 11) is 1.63. The van der Waals surface area contributed by atoms with Gasteiger partial charge in [-0.15, -0.1) is 0 Å². The molecule has 0 aromatic heterocycles. The van der Waals surface area contributed by atoms with E-state index in [9.17, 15) is 4.79 Å². The average molecular weight is 313 g/mol. The molecule has 1 aliphatic rings. The summed E-state index contributed by atoms with van der Waals surface area (Å²) in [6, 6.07) is 13.9. The lowest BCUT2D eigenvalue weighted by Crippen LogP contribution is -1.99. The van der Waals surface area contributed by atoms with E-state index in [1.807, 2.05) is 37.3 Å². The molecular weight excluding hydrogens is 296 g/mol. The second-order valence-electron chi connectivity index (χ2n) is 5.46. The van der Waals surface area contributed by atoms with E-state index in [1.165, 1.54) is 0 Å². The number of Topliss-reactive ketones (excluding diaryl/α,β-unsaturated/α-hetero) is 1. The first-order valence-electron chi connectivity index (χ1n) is 7.27. The van der Waals surface area contributed by atoms with E-state index < -0.39 is 0 Å². The van der Waals surface area contributed by atoms with Crippen LogP contribution in [0.5, 0.6) is 0 Å². The first-order valence-corrected chi connectivity index (χ1v) is 7.65. The number of hydrogen-bond donors (Lipinski definition) is 0. The van der Waals surface area contributed by atoms with Crippen molar-refractivity contribution in [3.8, 4) is 11.1 Å². The van der Waals surface area contributed by atoms with E-state index >= 15 is 0 Å². The molecule has 2 aromatic rings. The van der Waals surface area contributed by atoms with Gasteiger partial charge >= 0.3 is 0 Å². The highest BCUT2D eigenvalue weighted by atomic mass is 35.5. The monoisotopic (exact) mass is 312 g/mol. The Morgan fingerprint density at radius 2 is 1.68 bits per heavy atom. The molecule has 0 aliphatic heterocycles. The normalized spacial score (nSPS) is 14.6. The van der Waals surface area contributed by atoms with Crippen molar-refractivity contribution in [1.29, 1.82) is 0 Å². The highest BCUT2D eigenvalue weighted by molar-refractivity contribution is 6.30. The third kappa shape index (κ3) is 2.67. The number of aryl methyl sites for hydroxylation is 1. The number of allylic oxidation sites excluding steroid dienone is 2. The fraction of sp³-hybridized carbons (Fsp3) is 0.211. The number of rotatable bonds is 3. The van der Waals surface area contributed by atoms with E-state index in [-0.39, 0.29) is 5.78 Å². The maximum atomic E-state index is 12.2. The number of ketones is 1. The molecule has 0 bridgehead atoms. The summed E-state index contributed by atoms with van der Waals surface area (Å²) in [5.41, 5.74) is 4.93. The second-order valence-corrected chi connectivity index (χ2v) is 5.90. The summed E-state index contributed by atoms with van der Waals surface area (Å²) in [5, 5.41) is 0.714. The molecule has 0 unspecified atom stereocenters. The van der Waals surface area contributed by atoms with Crippen LogP contribution < -0.4 is 0 Å². The number of carbonyl (C=O) groups excluding carboxylic acids is 1. The summed E-state index contributed by atoms with van der Waals surface area (Å²) in [6.45, 7) is 2.02. The number of hydrogen-bond acceptors (Lipinski definition) is 2. The maximum absolute atomic E-state index is 12.2. The highest BCUT2D eigenvalue weighted by Crippen LogP contribution is 2.35. The van der Waals surface area contributed by atoms with Crippen LogP contribution in [-0.4, -0.2) is 12.9 Å². The van der Waals surface area contributed by atoms with E-state index in [0.717, 1.165) is 33.6 Å². The Labute approximate surface area is 135 Å². The largest absolute Gasteiger partial charge is 0.500 e. The van der Waals surface area contributed by atoms with E-state index in [4.69, 9.17) is 16.3 Å². The van der Waals surface area contributed by atoms with Crippen LogP contribution in [-0.2, 0) is 9.53 Å². The van der Waals surface area contributed by atoms with Gasteiger partial charge in [0.1, 0.15) is 5.76 Å². The number of methoxy groups -OCH3 is 1. The number of halogens is 1. The van der Waals surface area contributed by atoms with Gasteiger partial charge in [-0.1, -0.05) is 35.9 Å². The van der Waals surface area contributed by atoms with Gasteiger partial charge in [-0.05, 0) is 47.4 Å². The standard InChI is InChI=1S/C19H17ClO2/c1-12-3-4-14(13-5-7-15(20)8-6-13)11-16(12)19-17(21)9-10-18(19)22-2/h3-8,11H,9-10H2,1-2H3. The van der Waals surface area contributed by atoms with Crippen molar-refractivity contribution in [2.45, 2.75) is 19.8 Å². The van der Waals surface area contributed by atoms with Crippen molar-refractivity contribution < 1.29 is 9.53 Å². The number of carbonyl (C=O) groups is 1. The summed E-state index contributed by atoms with van der Waals surface area (Å²) in [5.74, 6) is 0.953. The summed E-state index contributed by atoms with van der Waals surface area (Å²) >= 11 is 5.95. The van der Waals surface area contributed by atoms with Gasteiger partial charge in [-0.25, -0.2) is 0 Å². The van der Waals surface area contributed by atoms with Crippen molar-refractivity contribution in [2.24, 2.45) is 0 Å². The lowest BCUT2D eigenvalue weighted by molar-refractivity contribution is -0.113. The molecule has 0 amide bonds. The lowest BCUT2D eigenvalue weighted by Gasteiger charge is -2.11. The minimum atomic E-state index is 0.160. The van der Waals surface area contributed by atoms with Crippen LogP contribution in [0.25, 0.3) is 16.7 Å². The van der Waals surface area contributed by atoms with E-state index in [1.54, 1.807) is 7.11 Å². The lowest BCUT2D eigenvalue weighted by atomic mass is 9.94. The molecule has 0 N–H and O–H groups in total. The van der Waals surface area contributed by atoms with Crippen molar-refractivity contribution in [3.05, 3.63) is 64.4 Å². The zero-order valence-corrected chi connectivity index (χ0v) is 13.4. The van der Waals surface area contributed by atoms with Gasteiger partial charge in [0.05, 0.1) is 12.7 Å². The molecule has 22 heavy (non-hydrogen) atoms. The van der Waals surface area contributed by atoms with Crippen molar-refractivity contribution in [1.82, 2.24) is 0 Å². The smallest absolute Gasteiger partial charge is 0.167 e. The Kier molecular flexibility index (Phi) is 4.04. The van der Waals surface area contributed by atoms with Gasteiger partial charge in [0.25, 0.3) is 0 Å². The first kappa shape index (κ1) is 14.9. The van der Waals surface area contributed by atoms with Crippen molar-refractivity contribution in [2.75, 3.05) is 7.11 Å². The molecule has 3 heteroatoms. The predicted molar refractivity (Wildman–Crippen MR) is 89.8 cm³/mol. The maximum Gasteiger partial charge on any atom is 0.167 e. The molecular formula is C19H17ClO2. The van der Waals surface area contributed by atoms with Crippen molar-refractivity contribution in [3.63, 3.8) is 0 Å². The number of benzene rings is 2. The molecule has 0 saturated carbocycles. The molecule has 2 nitrogen and oxygen atoms in total. The van der Waals surface area contributed by atoms with E-state index in [0.29, 0.717) is 17.9 Å². The molecule has 2 aromatic carbocycles. The van der Waals surface area contributed by atoms with Crippen LogP contribution in [0.3, 0.4) is 0 Å². The molecule has 0 saturated heterocycles. The predicted octanol–water partition coefficient (Wildman–Crippen LogP) is 5.04. The third-order valence-electron chi connectivity index (χ3n) is 4.07. The van der Waals surface area contributed by atoms with Crippen LogP contribution in [0.2, 0.25) is 5.02 Å². The van der Waals surface area contributed by atoms with Gasteiger partial charge in [0, 0.05) is 17.9 Å². The van der Waals surface area contributed by atoms with Gasteiger partial charge in [-0.3, -0.25) is 4.79 Å². The molecule has 0 radical (unpaired) electrons. The van der Waals surface area contributed by atoms with Crippen LogP contribution in [0.1, 0.15) is 24.0 Å². The molecule has 0 spiro atoms. The summed E-state index contributed by atoms with van der Waals surface area (Å²) in [6.07, 6.45) is 1.22. The second kappa shape index (κ2) is 5.98. The zero-order chi connectivity index (χ0) is 15.7. The van der Waals surface area contributed by atoms with Gasteiger partial charge in [0.15, 0.2) is 5.78 Å². The zero-order valence-electron chi connectivity index (χ0n) is 12.7. The average Bonchev–Trinajstić information content (AvgIpc) is 2.89. The molecule has 3 rings (SSSR count). The molecule has 0 fully saturated rings. The SMILES string of the molecule is COC1=C(c2cc(-c3ccc(Cl)cc3)ccc2C)C(=O)CC1. The Bertz CT molecular complexity index is 758. The fourth-order valence-corrected chi connectivity index (χ4v) is 2.98.